The van der Waals surface area contributed by atoms with Crippen LogP contribution in [0.15, 0.2) is 81.8 Å². The molecule has 28 heavy (non-hydrogen) atoms. The van der Waals surface area contributed by atoms with E-state index in [9.17, 15) is 18.0 Å². The van der Waals surface area contributed by atoms with Crippen LogP contribution in [-0.2, 0) is 15.7 Å². The van der Waals surface area contributed by atoms with Crippen molar-refractivity contribution in [1.82, 2.24) is 0 Å². The Kier molecular flexibility index (Phi) is 4.35. The predicted molar refractivity (Wildman–Crippen MR) is 96.2 cm³/mol. The summed E-state index contributed by atoms with van der Waals surface area (Å²) in [6.45, 7) is 0. The van der Waals surface area contributed by atoms with Gasteiger partial charge in [-0.15, -0.1) is 0 Å². The number of aliphatic imine (C=N–C) groups is 1. The van der Waals surface area contributed by atoms with Crippen molar-refractivity contribution in [2.24, 2.45) is 4.99 Å². The maximum atomic E-state index is 12.9. The number of hydrogen-bond acceptors (Lipinski definition) is 4. The fourth-order valence-electron chi connectivity index (χ4n) is 2.68. The van der Waals surface area contributed by atoms with Crippen LogP contribution in [-0.4, -0.2) is 11.9 Å². The largest absolute Gasteiger partial charge is 0.457 e. The van der Waals surface area contributed by atoms with Gasteiger partial charge in [-0.1, -0.05) is 30.3 Å². The molecule has 0 aliphatic carbocycles. The summed E-state index contributed by atoms with van der Waals surface area (Å²) in [5.41, 5.74) is 0.215. The summed E-state index contributed by atoms with van der Waals surface area (Å²) in [7, 11) is 0. The van der Waals surface area contributed by atoms with Gasteiger partial charge in [0.2, 0.25) is 5.90 Å². The zero-order valence-electron chi connectivity index (χ0n) is 14.2. The fourth-order valence-corrected chi connectivity index (χ4v) is 2.68. The van der Waals surface area contributed by atoms with Crippen LogP contribution in [0.3, 0.4) is 0 Å². The van der Waals surface area contributed by atoms with Crippen molar-refractivity contribution in [3.63, 3.8) is 0 Å². The van der Waals surface area contributed by atoms with Crippen molar-refractivity contribution >= 4 is 17.9 Å². The lowest BCUT2D eigenvalue weighted by atomic mass is 10.1. The molecule has 0 radical (unpaired) electrons. The monoisotopic (exact) mass is 383 g/mol. The third-order valence-corrected chi connectivity index (χ3v) is 4.02. The van der Waals surface area contributed by atoms with Gasteiger partial charge in [-0.25, -0.2) is 9.79 Å². The number of furan rings is 1. The van der Waals surface area contributed by atoms with E-state index in [2.05, 4.69) is 4.99 Å². The molecular formula is C21H12F3NO3. The Labute approximate surface area is 157 Å². The normalized spacial score (nSPS) is 15.6. The number of hydrogen-bond donors (Lipinski definition) is 0. The summed E-state index contributed by atoms with van der Waals surface area (Å²) in [5, 5.41) is 0. The highest BCUT2D eigenvalue weighted by molar-refractivity contribution is 6.12. The molecule has 0 N–H and O–H groups in total. The first-order chi connectivity index (χ1) is 13.4. The topological polar surface area (TPSA) is 51.8 Å². The molecule has 4 nitrogen and oxygen atoms in total. The van der Waals surface area contributed by atoms with Crippen molar-refractivity contribution in [3.05, 3.63) is 89.3 Å². The van der Waals surface area contributed by atoms with Gasteiger partial charge >= 0.3 is 12.1 Å². The molecular weight excluding hydrogens is 371 g/mol. The average molecular weight is 383 g/mol. The molecule has 0 saturated carbocycles. The van der Waals surface area contributed by atoms with E-state index in [1.165, 1.54) is 24.3 Å². The first kappa shape index (κ1) is 17.8. The van der Waals surface area contributed by atoms with Gasteiger partial charge in [-0.2, -0.15) is 13.2 Å². The average Bonchev–Trinajstić information content (AvgIpc) is 3.29. The van der Waals surface area contributed by atoms with E-state index in [4.69, 9.17) is 9.15 Å². The second-order valence-corrected chi connectivity index (χ2v) is 5.98. The van der Waals surface area contributed by atoms with Crippen molar-refractivity contribution in [2.75, 3.05) is 0 Å². The van der Waals surface area contributed by atoms with E-state index in [0.29, 0.717) is 5.56 Å². The minimum atomic E-state index is -4.44. The molecule has 0 atom stereocenters. The molecule has 0 unspecified atom stereocenters. The summed E-state index contributed by atoms with van der Waals surface area (Å²) >= 11 is 0. The summed E-state index contributed by atoms with van der Waals surface area (Å²) < 4.78 is 49.3. The fraction of sp³-hybridized carbons (Fsp3) is 0.0476. The number of halogens is 3. The molecule has 2 heterocycles. The molecule has 0 spiro atoms. The van der Waals surface area contributed by atoms with E-state index >= 15 is 0 Å². The van der Waals surface area contributed by atoms with E-state index in [-0.39, 0.29) is 28.7 Å². The Balaban J connectivity index is 1.62. The number of carbonyl (C=O) groups excluding carboxylic acids is 1. The first-order valence-corrected chi connectivity index (χ1v) is 8.25. The van der Waals surface area contributed by atoms with Gasteiger partial charge in [0.1, 0.15) is 11.5 Å². The second-order valence-electron chi connectivity index (χ2n) is 5.98. The van der Waals surface area contributed by atoms with Crippen LogP contribution in [0.25, 0.3) is 17.4 Å². The number of benzene rings is 2. The highest BCUT2D eigenvalue weighted by Gasteiger charge is 2.30. The Morgan fingerprint density at radius 1 is 0.893 bits per heavy atom. The van der Waals surface area contributed by atoms with Crippen LogP contribution in [0.5, 0.6) is 0 Å². The van der Waals surface area contributed by atoms with Crippen molar-refractivity contribution in [1.29, 1.82) is 0 Å². The molecule has 7 heteroatoms. The lowest BCUT2D eigenvalue weighted by molar-refractivity contribution is -0.137. The quantitative estimate of drug-likeness (QED) is 0.455. The number of nitrogens with zero attached hydrogens (tertiary/aromatic N) is 1. The molecule has 1 aliphatic heterocycles. The minimum Gasteiger partial charge on any atom is -0.457 e. The van der Waals surface area contributed by atoms with Crippen LogP contribution in [0.1, 0.15) is 16.9 Å². The van der Waals surface area contributed by atoms with E-state index in [0.717, 1.165) is 12.1 Å². The molecule has 2 aromatic carbocycles. The van der Waals surface area contributed by atoms with Crippen LogP contribution in [0.4, 0.5) is 13.2 Å². The van der Waals surface area contributed by atoms with Crippen LogP contribution in [0, 0.1) is 0 Å². The molecule has 0 fully saturated rings. The zero-order chi connectivity index (χ0) is 19.7. The lowest BCUT2D eigenvalue weighted by Crippen LogP contribution is -2.04. The van der Waals surface area contributed by atoms with Gasteiger partial charge in [-0.05, 0) is 36.4 Å². The number of carbonyl (C=O) groups is 1. The zero-order valence-corrected chi connectivity index (χ0v) is 14.2. The highest BCUT2D eigenvalue weighted by atomic mass is 19.4. The Morgan fingerprint density at radius 3 is 2.39 bits per heavy atom. The maximum Gasteiger partial charge on any atom is 0.416 e. The summed E-state index contributed by atoms with van der Waals surface area (Å²) in [6.07, 6.45) is -3.06. The number of alkyl halides is 3. The van der Waals surface area contributed by atoms with Crippen molar-refractivity contribution in [3.8, 4) is 11.3 Å². The Hall–Kier alpha value is -3.61. The molecule has 140 valence electrons. The van der Waals surface area contributed by atoms with Crippen LogP contribution >= 0.6 is 0 Å². The Bertz CT molecular complexity index is 1100. The summed E-state index contributed by atoms with van der Waals surface area (Å²) in [5.74, 6) is 0.0754. The van der Waals surface area contributed by atoms with Gasteiger partial charge in [0.15, 0.2) is 5.70 Å². The number of cyclic esters (lactones) is 1. The van der Waals surface area contributed by atoms with E-state index < -0.39 is 17.7 Å². The first-order valence-electron chi connectivity index (χ1n) is 8.25. The Morgan fingerprint density at radius 2 is 1.64 bits per heavy atom. The molecule has 0 bridgehead atoms. The van der Waals surface area contributed by atoms with Gasteiger partial charge in [0.25, 0.3) is 0 Å². The molecule has 0 amide bonds. The van der Waals surface area contributed by atoms with Crippen molar-refractivity contribution < 1.29 is 27.1 Å². The third kappa shape index (κ3) is 3.59. The number of rotatable bonds is 3. The predicted octanol–water partition coefficient (Wildman–Crippen LogP) is 5.31. The number of esters is 1. The standard InChI is InChI=1S/C21H12F3NO3/c22-21(23,24)15-8-4-7-14(11-15)18-10-9-16(27-18)12-17-20(26)28-19(25-17)13-5-2-1-3-6-13/h1-12H. The van der Waals surface area contributed by atoms with E-state index in [1.807, 2.05) is 6.07 Å². The molecule has 4 rings (SSSR count). The third-order valence-electron chi connectivity index (χ3n) is 4.02. The molecule has 0 saturated heterocycles. The number of ether oxygens (including phenoxy) is 1. The maximum absolute atomic E-state index is 12.9. The molecule has 3 aromatic rings. The lowest BCUT2D eigenvalue weighted by Gasteiger charge is -2.07. The van der Waals surface area contributed by atoms with Gasteiger partial charge < -0.3 is 9.15 Å². The second kappa shape index (κ2) is 6.84. The van der Waals surface area contributed by atoms with Crippen LogP contribution in [0.2, 0.25) is 0 Å². The van der Waals surface area contributed by atoms with Gasteiger partial charge in [0, 0.05) is 17.2 Å². The minimum absolute atomic E-state index is 0.0452. The van der Waals surface area contributed by atoms with E-state index in [1.54, 1.807) is 30.3 Å². The van der Waals surface area contributed by atoms with Gasteiger partial charge in [-0.3, -0.25) is 0 Å². The summed E-state index contributed by atoms with van der Waals surface area (Å²) in [6, 6.07) is 16.8. The smallest absolute Gasteiger partial charge is 0.416 e. The van der Waals surface area contributed by atoms with Gasteiger partial charge in [0.05, 0.1) is 5.56 Å². The molecule has 1 aliphatic rings. The molecule has 1 aromatic heterocycles. The SMILES string of the molecule is O=C1OC(c2ccccc2)=NC1=Cc1ccc(-c2cccc(C(F)(F)F)c2)o1. The summed E-state index contributed by atoms with van der Waals surface area (Å²) in [4.78, 5) is 16.2. The van der Waals surface area contributed by atoms with Crippen LogP contribution < -0.4 is 0 Å². The highest BCUT2D eigenvalue weighted by Crippen LogP contribution is 2.33. The van der Waals surface area contributed by atoms with Crippen molar-refractivity contribution in [2.45, 2.75) is 6.18 Å².